The molecule has 0 aliphatic carbocycles. The Balaban J connectivity index is 1.51. The number of fused-ring (bicyclic) bond motifs is 4. The first kappa shape index (κ1) is 36.0. The molecule has 2 atom stereocenters. The number of thiophene rings is 1. The molecule has 4 aromatic rings. The van der Waals surface area contributed by atoms with Crippen molar-refractivity contribution < 1.29 is 45.4 Å². The summed E-state index contributed by atoms with van der Waals surface area (Å²) in [6, 6.07) is 3.21. The third kappa shape index (κ3) is 6.80. The van der Waals surface area contributed by atoms with Gasteiger partial charge in [-0.25, -0.2) is 18.4 Å². The summed E-state index contributed by atoms with van der Waals surface area (Å²) in [5.41, 5.74) is -6.09. The fourth-order valence-electron chi connectivity index (χ4n) is 6.57. The number of anilines is 2. The van der Waals surface area contributed by atoms with Crippen molar-refractivity contribution >= 4 is 55.3 Å². The maximum absolute atomic E-state index is 16.7. The molecular weight excluding hydrogens is 702 g/mol. The highest BCUT2D eigenvalue weighted by Gasteiger charge is 2.46. The molecule has 2 aliphatic rings. The summed E-state index contributed by atoms with van der Waals surface area (Å²) in [4.78, 5) is 35.9. The molecule has 2 aromatic heterocycles. The van der Waals surface area contributed by atoms with Crippen LogP contribution < -0.4 is 10.2 Å². The Morgan fingerprint density at radius 2 is 1.61 bits per heavy atom. The molecule has 2 bridgehead atoms. The van der Waals surface area contributed by atoms with E-state index in [4.69, 9.17) is 9.47 Å². The summed E-state index contributed by atoms with van der Waals surface area (Å²) in [6.45, 7) is 9.99. The van der Waals surface area contributed by atoms with Crippen LogP contribution >= 0.6 is 11.3 Å². The van der Waals surface area contributed by atoms with Crippen LogP contribution in [0.25, 0.3) is 32.1 Å². The van der Waals surface area contributed by atoms with Crippen LogP contribution in [0.5, 0.6) is 0 Å². The minimum absolute atomic E-state index is 0.0540. The number of hydrogen-bond donors (Lipinski definition) is 1. The number of amides is 2. The summed E-state index contributed by atoms with van der Waals surface area (Å²) in [5.74, 6) is -2.82. The van der Waals surface area contributed by atoms with Gasteiger partial charge in [-0.1, -0.05) is 6.07 Å². The standard InChI is InChI=1S/C34H32F6N6O4S/c1-32(2,3)49-30(47)44-28-19(12-41)22-17(9-10-21(35)26(22)51-28)23-20(34(38,39)40)11-18-25(24(23)36)42-29(37)43-27(18)45-13-15-7-8-16(14-45)46(15)31(48)50-33(4,5)6/h9-11,15-16H,7-8,13-14H2,1-6H3,(H,44,47). The predicted octanol–water partition coefficient (Wildman–Crippen LogP) is 8.75. The third-order valence-corrected chi connectivity index (χ3v) is 9.48. The molecule has 0 spiro atoms. The second-order valence-corrected chi connectivity index (χ2v) is 15.4. The fourth-order valence-corrected chi connectivity index (χ4v) is 7.64. The Labute approximate surface area is 291 Å². The number of nitrogens with zero attached hydrogens (tertiary/aromatic N) is 5. The highest BCUT2D eigenvalue weighted by atomic mass is 32.1. The molecule has 10 nitrogen and oxygen atoms in total. The van der Waals surface area contributed by atoms with Gasteiger partial charge in [0.25, 0.3) is 0 Å². The van der Waals surface area contributed by atoms with Crippen LogP contribution in [0.15, 0.2) is 18.2 Å². The normalized spacial score (nSPS) is 17.9. The lowest BCUT2D eigenvalue weighted by molar-refractivity contribution is -0.137. The van der Waals surface area contributed by atoms with Crippen LogP contribution in [0.1, 0.15) is 65.5 Å². The average molecular weight is 735 g/mol. The zero-order valence-electron chi connectivity index (χ0n) is 28.3. The zero-order chi connectivity index (χ0) is 37.4. The van der Waals surface area contributed by atoms with Crippen LogP contribution in [0, 0.1) is 29.0 Å². The van der Waals surface area contributed by atoms with Crippen molar-refractivity contribution in [2.45, 2.75) is 83.8 Å². The SMILES string of the molecule is CC(C)(C)OC(=O)Nc1sc2c(F)ccc(-c3c(C(F)(F)F)cc4c(N5CC6CCC(C5)N6C(=O)OC(C)(C)C)nc(F)nc4c3F)c2c1C#N. The number of halogens is 6. The number of nitrogens with one attached hydrogen (secondary N) is 1. The lowest BCUT2D eigenvalue weighted by Crippen LogP contribution is -2.57. The van der Waals surface area contributed by atoms with Gasteiger partial charge in [0.05, 0.1) is 27.9 Å². The highest BCUT2D eigenvalue weighted by molar-refractivity contribution is 7.23. The topological polar surface area (TPSA) is 121 Å². The van der Waals surface area contributed by atoms with E-state index in [1.807, 2.05) is 0 Å². The largest absolute Gasteiger partial charge is 0.444 e. The Morgan fingerprint density at radius 3 is 2.18 bits per heavy atom. The van der Waals surface area contributed by atoms with E-state index in [-0.39, 0.29) is 28.6 Å². The molecule has 0 radical (unpaired) electrons. The number of nitriles is 1. The van der Waals surface area contributed by atoms with Gasteiger partial charge in [0.2, 0.25) is 0 Å². The van der Waals surface area contributed by atoms with Crippen molar-refractivity contribution in [3.8, 4) is 17.2 Å². The van der Waals surface area contributed by atoms with E-state index in [9.17, 15) is 28.0 Å². The van der Waals surface area contributed by atoms with E-state index in [0.717, 1.165) is 12.1 Å². The molecular formula is C34H32F6N6O4S. The van der Waals surface area contributed by atoms with Gasteiger partial charge in [-0.05, 0) is 72.1 Å². The second kappa shape index (κ2) is 12.4. The molecule has 270 valence electrons. The summed E-state index contributed by atoms with van der Waals surface area (Å²) in [5, 5.41) is 11.3. The summed E-state index contributed by atoms with van der Waals surface area (Å²) in [6.07, 6.45) is -7.10. The van der Waals surface area contributed by atoms with Gasteiger partial charge in [0.15, 0.2) is 5.82 Å². The van der Waals surface area contributed by atoms with Gasteiger partial charge in [-0.3, -0.25) is 10.2 Å². The van der Waals surface area contributed by atoms with Crippen molar-refractivity contribution in [2.24, 2.45) is 0 Å². The first-order chi connectivity index (χ1) is 23.7. The molecule has 4 heterocycles. The van der Waals surface area contributed by atoms with Crippen molar-refractivity contribution in [3.63, 3.8) is 0 Å². The first-order valence-corrected chi connectivity index (χ1v) is 16.7. The van der Waals surface area contributed by atoms with Crippen molar-refractivity contribution in [3.05, 3.63) is 47.0 Å². The van der Waals surface area contributed by atoms with Crippen LogP contribution in [-0.4, -0.2) is 63.4 Å². The van der Waals surface area contributed by atoms with E-state index in [0.29, 0.717) is 30.2 Å². The lowest BCUT2D eigenvalue weighted by atomic mass is 9.92. The molecule has 2 aromatic carbocycles. The summed E-state index contributed by atoms with van der Waals surface area (Å²) in [7, 11) is 0. The van der Waals surface area contributed by atoms with Gasteiger partial charge >= 0.3 is 24.4 Å². The number of hydrogen-bond acceptors (Lipinski definition) is 9. The molecule has 51 heavy (non-hydrogen) atoms. The molecule has 2 saturated heterocycles. The van der Waals surface area contributed by atoms with Crippen LogP contribution in [0.3, 0.4) is 0 Å². The van der Waals surface area contributed by atoms with Crippen molar-refractivity contribution in [1.82, 2.24) is 14.9 Å². The molecule has 2 aliphatic heterocycles. The fraction of sp³-hybridized carbons (Fsp3) is 0.441. The van der Waals surface area contributed by atoms with Gasteiger partial charge in [0.1, 0.15) is 39.4 Å². The predicted molar refractivity (Wildman–Crippen MR) is 177 cm³/mol. The quantitative estimate of drug-likeness (QED) is 0.164. The number of carbonyl (C=O) groups is 2. The summed E-state index contributed by atoms with van der Waals surface area (Å²) >= 11 is 0.554. The van der Waals surface area contributed by atoms with E-state index in [1.165, 1.54) is 4.90 Å². The molecule has 17 heteroatoms. The Hall–Kier alpha value is -4.85. The number of carbonyl (C=O) groups excluding carboxylic acids is 2. The van der Waals surface area contributed by atoms with Gasteiger partial charge in [-0.2, -0.15) is 32.8 Å². The number of piperazine rings is 1. The van der Waals surface area contributed by atoms with Crippen LogP contribution in [-0.2, 0) is 15.7 Å². The number of aromatic nitrogens is 2. The van der Waals surface area contributed by atoms with E-state index >= 15 is 13.2 Å². The first-order valence-electron chi connectivity index (χ1n) is 15.9. The lowest BCUT2D eigenvalue weighted by Gasteiger charge is -2.42. The Kier molecular flexibility index (Phi) is 8.76. The number of ether oxygens (including phenoxy) is 2. The Morgan fingerprint density at radius 1 is 0.980 bits per heavy atom. The van der Waals surface area contributed by atoms with Crippen molar-refractivity contribution in [2.75, 3.05) is 23.3 Å². The molecule has 2 fully saturated rings. The summed E-state index contributed by atoms with van der Waals surface area (Å²) < 4.78 is 102. The smallest absolute Gasteiger partial charge is 0.417 e. The van der Waals surface area contributed by atoms with Crippen molar-refractivity contribution in [1.29, 1.82) is 5.26 Å². The molecule has 0 saturated carbocycles. The molecule has 2 amide bonds. The van der Waals surface area contributed by atoms with Crippen LogP contribution in [0.2, 0.25) is 0 Å². The third-order valence-electron chi connectivity index (χ3n) is 8.36. The van der Waals surface area contributed by atoms with E-state index in [1.54, 1.807) is 52.5 Å². The number of alkyl halides is 3. The number of benzene rings is 2. The van der Waals surface area contributed by atoms with Gasteiger partial charge < -0.3 is 14.4 Å². The molecule has 6 rings (SSSR count). The Bertz CT molecular complexity index is 2120. The molecule has 1 N–H and O–H groups in total. The van der Waals surface area contributed by atoms with E-state index in [2.05, 4.69) is 15.3 Å². The monoisotopic (exact) mass is 734 g/mol. The van der Waals surface area contributed by atoms with Gasteiger partial charge in [0, 0.05) is 29.4 Å². The van der Waals surface area contributed by atoms with Crippen LogP contribution in [0.4, 0.5) is 46.8 Å². The maximum atomic E-state index is 16.7. The van der Waals surface area contributed by atoms with Gasteiger partial charge in [-0.15, -0.1) is 11.3 Å². The highest BCUT2D eigenvalue weighted by Crippen LogP contribution is 2.48. The second-order valence-electron chi connectivity index (χ2n) is 14.3. The minimum Gasteiger partial charge on any atom is -0.444 e. The minimum atomic E-state index is -5.22. The van der Waals surface area contributed by atoms with E-state index < -0.39 is 97.9 Å². The average Bonchev–Trinajstić information content (AvgIpc) is 3.49. The molecule has 2 unspecified atom stereocenters. The maximum Gasteiger partial charge on any atom is 0.417 e. The number of rotatable bonds is 3. The zero-order valence-corrected chi connectivity index (χ0v) is 29.1.